The molecule has 2 aromatic rings. The second-order valence-corrected chi connectivity index (χ2v) is 6.99. The van der Waals surface area contributed by atoms with E-state index in [4.69, 9.17) is 11.6 Å². The number of benzene rings is 1. The third-order valence-electron chi connectivity index (χ3n) is 4.29. The molecule has 1 aromatic carbocycles. The summed E-state index contributed by atoms with van der Waals surface area (Å²) in [7, 11) is 2.20. The van der Waals surface area contributed by atoms with Crippen molar-refractivity contribution in [1.82, 2.24) is 9.88 Å². The third-order valence-corrected chi connectivity index (χ3v) is 5.40. The zero-order valence-corrected chi connectivity index (χ0v) is 13.5. The Morgan fingerprint density at radius 3 is 2.90 bits per heavy atom. The number of nitrogens with one attached hydrogen (secondary N) is 1. The minimum atomic E-state index is 0.425. The number of hydrogen-bond acceptors (Lipinski definition) is 4. The maximum Gasteiger partial charge on any atom is 0.106 e. The maximum absolute atomic E-state index is 6.36. The highest BCUT2D eigenvalue weighted by molar-refractivity contribution is 7.16. The smallest absolute Gasteiger partial charge is 0.106 e. The number of rotatable bonds is 3. The summed E-state index contributed by atoms with van der Waals surface area (Å²) in [6.07, 6.45) is 2.49. The lowest BCUT2D eigenvalue weighted by atomic mass is 9.90. The van der Waals surface area contributed by atoms with Gasteiger partial charge in [-0.1, -0.05) is 11.6 Å². The van der Waals surface area contributed by atoms with Crippen molar-refractivity contribution in [2.24, 2.45) is 5.92 Å². The summed E-state index contributed by atoms with van der Waals surface area (Å²) in [6, 6.07) is 4.43. The Labute approximate surface area is 128 Å². The van der Waals surface area contributed by atoms with Gasteiger partial charge in [-0.2, -0.15) is 0 Å². The van der Waals surface area contributed by atoms with Gasteiger partial charge in [0.15, 0.2) is 0 Å². The summed E-state index contributed by atoms with van der Waals surface area (Å²) in [4.78, 5) is 6.85. The van der Waals surface area contributed by atoms with Gasteiger partial charge in [0.1, 0.15) is 5.52 Å². The van der Waals surface area contributed by atoms with Crippen LogP contribution in [0.1, 0.15) is 19.8 Å². The monoisotopic (exact) mass is 309 g/mol. The second-order valence-electron chi connectivity index (χ2n) is 5.70. The molecule has 1 aliphatic rings. The number of hydrogen-bond donors (Lipinski definition) is 1. The molecule has 1 unspecified atom stereocenters. The fourth-order valence-electron chi connectivity index (χ4n) is 2.92. The normalized spacial score (nSPS) is 19.4. The van der Waals surface area contributed by atoms with Crippen molar-refractivity contribution in [2.75, 3.05) is 25.5 Å². The molecule has 3 rings (SSSR count). The molecule has 0 aliphatic carbocycles. The fourth-order valence-corrected chi connectivity index (χ4v) is 3.81. The van der Waals surface area contributed by atoms with E-state index in [-0.39, 0.29) is 0 Å². The lowest BCUT2D eigenvalue weighted by Gasteiger charge is -2.33. The van der Waals surface area contributed by atoms with Crippen molar-refractivity contribution < 1.29 is 0 Å². The van der Waals surface area contributed by atoms with Gasteiger partial charge < -0.3 is 10.2 Å². The molecule has 0 spiro atoms. The van der Waals surface area contributed by atoms with Crippen LogP contribution in [0.4, 0.5) is 5.69 Å². The first-order valence-corrected chi connectivity index (χ1v) is 8.37. The number of halogens is 1. The Hall–Kier alpha value is -0.840. The number of fused-ring (bicyclic) bond motifs is 1. The Balaban J connectivity index is 1.78. The van der Waals surface area contributed by atoms with Crippen LogP contribution in [0.5, 0.6) is 0 Å². The average molecular weight is 310 g/mol. The van der Waals surface area contributed by atoms with Crippen molar-refractivity contribution in [3.8, 4) is 0 Å². The largest absolute Gasteiger partial charge is 0.379 e. The third kappa shape index (κ3) is 2.78. The molecule has 5 heteroatoms. The highest BCUT2D eigenvalue weighted by atomic mass is 35.5. The van der Waals surface area contributed by atoms with Crippen molar-refractivity contribution in [3.63, 3.8) is 0 Å². The standard InChI is InChI=1S/C15H20ClN3S/c1-10(11-5-7-19(2)8-6-11)18-14-12(16)3-4-13-15(14)17-9-20-13/h3-4,9-11,18H,5-8H2,1-2H3. The van der Waals surface area contributed by atoms with E-state index >= 15 is 0 Å². The number of anilines is 1. The van der Waals surface area contributed by atoms with Gasteiger partial charge >= 0.3 is 0 Å². The first-order valence-electron chi connectivity index (χ1n) is 7.12. The van der Waals surface area contributed by atoms with Crippen LogP contribution < -0.4 is 5.32 Å². The molecule has 0 amide bonds. The predicted octanol–water partition coefficient (Wildman–Crippen LogP) is 4.09. The van der Waals surface area contributed by atoms with Crippen LogP contribution in [0.2, 0.25) is 5.02 Å². The first kappa shape index (κ1) is 14.1. The van der Waals surface area contributed by atoms with Gasteiger partial charge in [-0.3, -0.25) is 0 Å². The highest BCUT2D eigenvalue weighted by Crippen LogP contribution is 2.34. The molecular weight excluding hydrogens is 290 g/mol. The van der Waals surface area contributed by atoms with Gasteiger partial charge in [0.25, 0.3) is 0 Å². The second kappa shape index (κ2) is 5.88. The number of aromatic nitrogens is 1. The van der Waals surface area contributed by atoms with E-state index < -0.39 is 0 Å². The molecule has 2 heterocycles. The lowest BCUT2D eigenvalue weighted by molar-refractivity contribution is 0.208. The summed E-state index contributed by atoms with van der Waals surface area (Å²) >= 11 is 8.02. The van der Waals surface area contributed by atoms with Crippen LogP contribution in [-0.2, 0) is 0 Å². The molecule has 0 saturated carbocycles. The number of piperidine rings is 1. The molecule has 0 radical (unpaired) electrons. The SMILES string of the molecule is CC(Nc1c(Cl)ccc2scnc12)C1CCN(C)CC1. The van der Waals surface area contributed by atoms with Gasteiger partial charge in [0, 0.05) is 6.04 Å². The molecular formula is C15H20ClN3S. The molecule has 20 heavy (non-hydrogen) atoms. The molecule has 1 aromatic heterocycles. The maximum atomic E-state index is 6.36. The van der Waals surface area contributed by atoms with E-state index in [1.807, 2.05) is 17.6 Å². The van der Waals surface area contributed by atoms with Gasteiger partial charge in [-0.15, -0.1) is 11.3 Å². The zero-order valence-electron chi connectivity index (χ0n) is 11.9. The van der Waals surface area contributed by atoms with Crippen molar-refractivity contribution in [2.45, 2.75) is 25.8 Å². The first-order chi connectivity index (χ1) is 9.65. The molecule has 1 N–H and O–H groups in total. The van der Waals surface area contributed by atoms with E-state index in [1.54, 1.807) is 11.3 Å². The quantitative estimate of drug-likeness (QED) is 0.925. The number of thiazole rings is 1. The summed E-state index contributed by atoms with van der Waals surface area (Å²) in [5.41, 5.74) is 3.88. The van der Waals surface area contributed by atoms with Crippen LogP contribution in [0, 0.1) is 5.92 Å². The molecule has 108 valence electrons. The lowest BCUT2D eigenvalue weighted by Crippen LogP contribution is -2.37. The van der Waals surface area contributed by atoms with Gasteiger partial charge in [0.05, 0.1) is 20.9 Å². The minimum absolute atomic E-state index is 0.425. The molecule has 1 saturated heterocycles. The van der Waals surface area contributed by atoms with Crippen LogP contribution in [0.15, 0.2) is 17.6 Å². The van der Waals surface area contributed by atoms with E-state index in [2.05, 4.69) is 29.2 Å². The van der Waals surface area contributed by atoms with Crippen molar-refractivity contribution in [3.05, 3.63) is 22.7 Å². The highest BCUT2D eigenvalue weighted by Gasteiger charge is 2.23. The van der Waals surface area contributed by atoms with Crippen LogP contribution in [-0.4, -0.2) is 36.1 Å². The van der Waals surface area contributed by atoms with E-state index in [0.29, 0.717) is 12.0 Å². The van der Waals surface area contributed by atoms with Crippen molar-refractivity contribution >= 4 is 38.8 Å². The van der Waals surface area contributed by atoms with Gasteiger partial charge in [0.2, 0.25) is 0 Å². The van der Waals surface area contributed by atoms with Crippen LogP contribution >= 0.6 is 22.9 Å². The molecule has 1 atom stereocenters. The van der Waals surface area contributed by atoms with Crippen LogP contribution in [0.25, 0.3) is 10.2 Å². The Bertz CT molecular complexity index is 590. The summed E-state index contributed by atoms with van der Waals surface area (Å²) in [6.45, 7) is 4.63. The van der Waals surface area contributed by atoms with Gasteiger partial charge in [-0.05, 0) is 58.0 Å². The molecule has 3 nitrogen and oxygen atoms in total. The topological polar surface area (TPSA) is 28.2 Å². The Morgan fingerprint density at radius 1 is 1.40 bits per heavy atom. The predicted molar refractivity (Wildman–Crippen MR) is 87.9 cm³/mol. The molecule has 0 bridgehead atoms. The van der Waals surface area contributed by atoms with E-state index in [1.165, 1.54) is 30.6 Å². The zero-order chi connectivity index (χ0) is 14.1. The van der Waals surface area contributed by atoms with Crippen LogP contribution in [0.3, 0.4) is 0 Å². The fraction of sp³-hybridized carbons (Fsp3) is 0.533. The Morgan fingerprint density at radius 2 is 2.15 bits per heavy atom. The minimum Gasteiger partial charge on any atom is -0.379 e. The van der Waals surface area contributed by atoms with Gasteiger partial charge in [-0.25, -0.2) is 4.98 Å². The summed E-state index contributed by atoms with van der Waals surface area (Å²) in [5, 5.41) is 4.38. The van der Waals surface area contributed by atoms with Crippen molar-refractivity contribution in [1.29, 1.82) is 0 Å². The summed E-state index contributed by atoms with van der Waals surface area (Å²) < 4.78 is 1.19. The molecule has 1 fully saturated rings. The van der Waals surface area contributed by atoms with E-state index in [9.17, 15) is 0 Å². The number of nitrogens with zero attached hydrogens (tertiary/aromatic N) is 2. The average Bonchev–Trinajstić information content (AvgIpc) is 2.91. The Kier molecular flexibility index (Phi) is 4.15. The molecule has 1 aliphatic heterocycles. The summed E-state index contributed by atoms with van der Waals surface area (Å²) in [5.74, 6) is 0.705. The van der Waals surface area contributed by atoms with E-state index in [0.717, 1.165) is 16.2 Å². The number of likely N-dealkylation sites (tertiary alicyclic amines) is 1.